The molecule has 0 saturated heterocycles. The van der Waals surface area contributed by atoms with Crippen LogP contribution >= 0.6 is 0 Å². The monoisotopic (exact) mass is 183 g/mol. The number of rotatable bonds is 2. The van der Waals surface area contributed by atoms with E-state index in [2.05, 4.69) is 0 Å². The Balaban J connectivity index is 2.96. The first-order valence-electron chi connectivity index (χ1n) is 3.43. The van der Waals surface area contributed by atoms with Crippen LogP contribution < -0.4 is 5.11 Å². The van der Waals surface area contributed by atoms with Gasteiger partial charge < -0.3 is 9.90 Å². The van der Waals surface area contributed by atoms with Gasteiger partial charge in [-0.05, 0) is 18.2 Å². The molecule has 1 rings (SSSR count). The van der Waals surface area contributed by atoms with Crippen molar-refractivity contribution in [3.63, 3.8) is 0 Å². The fourth-order valence-corrected chi connectivity index (χ4v) is 0.794. The highest BCUT2D eigenvalue weighted by Crippen LogP contribution is 2.10. The van der Waals surface area contributed by atoms with Crippen LogP contribution in [0.4, 0.5) is 8.78 Å². The van der Waals surface area contributed by atoms with Crippen molar-refractivity contribution >= 4 is 12.0 Å². The van der Waals surface area contributed by atoms with E-state index in [0.29, 0.717) is 12.1 Å². The molecule has 0 aliphatic heterocycles. The van der Waals surface area contributed by atoms with Gasteiger partial charge in [-0.15, -0.1) is 0 Å². The lowest BCUT2D eigenvalue weighted by Gasteiger charge is -1.96. The minimum atomic E-state index is -1.43. The average molecular weight is 183 g/mol. The van der Waals surface area contributed by atoms with Gasteiger partial charge in [-0.2, -0.15) is 0 Å². The summed E-state index contributed by atoms with van der Waals surface area (Å²) in [7, 11) is 0. The van der Waals surface area contributed by atoms with Crippen molar-refractivity contribution in [2.75, 3.05) is 0 Å². The number of hydrogen-bond acceptors (Lipinski definition) is 2. The SMILES string of the molecule is O=C([O-])/C=C/c1ccc(F)cc1F. The molecule has 68 valence electrons. The van der Waals surface area contributed by atoms with E-state index in [9.17, 15) is 18.7 Å². The molecule has 0 aliphatic rings. The van der Waals surface area contributed by atoms with E-state index in [4.69, 9.17) is 0 Å². The Morgan fingerprint density at radius 3 is 2.62 bits per heavy atom. The van der Waals surface area contributed by atoms with Crippen LogP contribution in [0.15, 0.2) is 24.3 Å². The molecule has 13 heavy (non-hydrogen) atoms. The van der Waals surface area contributed by atoms with Crippen LogP contribution in [0.25, 0.3) is 6.08 Å². The summed E-state index contributed by atoms with van der Waals surface area (Å²) in [5.74, 6) is -2.94. The topological polar surface area (TPSA) is 40.1 Å². The van der Waals surface area contributed by atoms with Crippen molar-refractivity contribution in [3.05, 3.63) is 41.5 Å². The highest BCUT2D eigenvalue weighted by atomic mass is 19.1. The van der Waals surface area contributed by atoms with Crippen LogP contribution in [0.5, 0.6) is 0 Å². The van der Waals surface area contributed by atoms with Gasteiger partial charge in [0.2, 0.25) is 0 Å². The third kappa shape index (κ3) is 2.66. The van der Waals surface area contributed by atoms with Crippen molar-refractivity contribution in [1.29, 1.82) is 0 Å². The van der Waals surface area contributed by atoms with Gasteiger partial charge in [-0.1, -0.05) is 6.08 Å². The number of carbonyl (C=O) groups excluding carboxylic acids is 1. The second kappa shape index (κ2) is 3.80. The minimum absolute atomic E-state index is 0.00519. The third-order valence-corrected chi connectivity index (χ3v) is 1.36. The van der Waals surface area contributed by atoms with Crippen LogP contribution in [0.3, 0.4) is 0 Å². The zero-order valence-corrected chi connectivity index (χ0v) is 6.46. The summed E-state index contributed by atoms with van der Waals surface area (Å²) in [5, 5.41) is 9.96. The Morgan fingerprint density at radius 2 is 2.08 bits per heavy atom. The number of aliphatic carboxylic acids is 1. The number of halogens is 2. The number of carbonyl (C=O) groups is 1. The molecule has 0 aromatic heterocycles. The Bertz CT molecular complexity index is 359. The van der Waals surface area contributed by atoms with E-state index in [1.807, 2.05) is 0 Å². The lowest BCUT2D eigenvalue weighted by Crippen LogP contribution is -2.18. The molecule has 0 N–H and O–H groups in total. The molecule has 1 aromatic rings. The largest absolute Gasteiger partial charge is 0.545 e. The van der Waals surface area contributed by atoms with Gasteiger partial charge >= 0.3 is 0 Å². The molecular formula is C9H5F2O2-. The number of benzene rings is 1. The van der Waals surface area contributed by atoms with E-state index in [-0.39, 0.29) is 5.56 Å². The fourth-order valence-electron chi connectivity index (χ4n) is 0.794. The van der Waals surface area contributed by atoms with Crippen LogP contribution in [-0.2, 0) is 4.79 Å². The van der Waals surface area contributed by atoms with Gasteiger partial charge in [0.1, 0.15) is 11.6 Å². The predicted octanol–water partition coefficient (Wildman–Crippen LogP) is 0.728. The molecule has 0 saturated carbocycles. The summed E-state index contributed by atoms with van der Waals surface area (Å²) >= 11 is 0. The Kier molecular flexibility index (Phi) is 2.74. The van der Waals surface area contributed by atoms with Crippen LogP contribution in [-0.4, -0.2) is 5.97 Å². The van der Waals surface area contributed by atoms with Crippen LogP contribution in [0.1, 0.15) is 5.56 Å². The van der Waals surface area contributed by atoms with E-state index in [1.54, 1.807) is 0 Å². The normalized spacial score (nSPS) is 10.6. The first kappa shape index (κ1) is 9.38. The van der Waals surface area contributed by atoms with Crippen molar-refractivity contribution in [1.82, 2.24) is 0 Å². The van der Waals surface area contributed by atoms with E-state index >= 15 is 0 Å². The standard InChI is InChI=1S/C9H6F2O2/c10-7-3-1-6(8(11)5-7)2-4-9(12)13/h1-5H,(H,12,13)/p-1/b4-2+. The molecule has 4 heteroatoms. The first-order chi connectivity index (χ1) is 6.09. The molecule has 1 aromatic carbocycles. The average Bonchev–Trinajstić information content (AvgIpc) is 2.02. The van der Waals surface area contributed by atoms with Gasteiger partial charge in [0.15, 0.2) is 0 Å². The fraction of sp³-hybridized carbons (Fsp3) is 0. The van der Waals surface area contributed by atoms with Crippen molar-refractivity contribution in [2.45, 2.75) is 0 Å². The van der Waals surface area contributed by atoms with Gasteiger partial charge in [0, 0.05) is 11.6 Å². The molecule has 0 atom stereocenters. The molecule has 0 unspecified atom stereocenters. The smallest absolute Gasteiger partial charge is 0.133 e. The highest BCUT2D eigenvalue weighted by molar-refractivity contribution is 5.83. The minimum Gasteiger partial charge on any atom is -0.545 e. The van der Waals surface area contributed by atoms with Crippen LogP contribution in [0, 0.1) is 11.6 Å². The lowest BCUT2D eigenvalue weighted by atomic mass is 10.2. The quantitative estimate of drug-likeness (QED) is 0.634. The van der Waals surface area contributed by atoms with E-state index < -0.39 is 17.6 Å². The van der Waals surface area contributed by atoms with Gasteiger partial charge in [0.25, 0.3) is 0 Å². The summed E-state index contributed by atoms with van der Waals surface area (Å²) in [6.07, 6.45) is 1.68. The second-order valence-corrected chi connectivity index (χ2v) is 2.32. The summed E-state index contributed by atoms with van der Waals surface area (Å²) < 4.78 is 25.1. The molecule has 2 nitrogen and oxygen atoms in total. The Hall–Kier alpha value is -1.71. The number of carboxylic acid groups (broad SMARTS) is 1. The van der Waals surface area contributed by atoms with Gasteiger partial charge in [-0.25, -0.2) is 8.78 Å². The maximum Gasteiger partial charge on any atom is 0.133 e. The molecule has 0 spiro atoms. The predicted molar refractivity (Wildman–Crippen MR) is 40.4 cm³/mol. The summed E-state index contributed by atoms with van der Waals surface area (Å²) in [6, 6.07) is 2.86. The molecule has 0 radical (unpaired) electrons. The summed E-state index contributed by atoms with van der Waals surface area (Å²) in [6.45, 7) is 0. The van der Waals surface area contributed by atoms with Gasteiger partial charge in [0.05, 0.1) is 5.97 Å². The number of carboxylic acids is 1. The molecule has 0 aliphatic carbocycles. The zero-order valence-electron chi connectivity index (χ0n) is 6.46. The third-order valence-electron chi connectivity index (χ3n) is 1.36. The second-order valence-electron chi connectivity index (χ2n) is 2.32. The summed E-state index contributed by atoms with van der Waals surface area (Å²) in [4.78, 5) is 9.96. The highest BCUT2D eigenvalue weighted by Gasteiger charge is 1.99. The van der Waals surface area contributed by atoms with Crippen molar-refractivity contribution in [3.8, 4) is 0 Å². The number of hydrogen-bond donors (Lipinski definition) is 0. The maximum absolute atomic E-state index is 12.8. The van der Waals surface area contributed by atoms with Crippen LogP contribution in [0.2, 0.25) is 0 Å². The molecule has 0 amide bonds. The van der Waals surface area contributed by atoms with Crippen molar-refractivity contribution in [2.24, 2.45) is 0 Å². The Labute approximate surface area is 73.1 Å². The first-order valence-corrected chi connectivity index (χ1v) is 3.43. The Morgan fingerprint density at radius 1 is 1.38 bits per heavy atom. The maximum atomic E-state index is 12.8. The summed E-state index contributed by atoms with van der Waals surface area (Å²) in [5.41, 5.74) is 0.00519. The van der Waals surface area contributed by atoms with E-state index in [1.165, 1.54) is 0 Å². The molecular weight excluding hydrogens is 178 g/mol. The van der Waals surface area contributed by atoms with Crippen molar-refractivity contribution < 1.29 is 18.7 Å². The molecule has 0 heterocycles. The molecule has 0 fully saturated rings. The van der Waals surface area contributed by atoms with E-state index in [0.717, 1.165) is 18.2 Å². The molecule has 0 bridgehead atoms. The lowest BCUT2D eigenvalue weighted by molar-refractivity contribution is -0.297. The zero-order chi connectivity index (χ0) is 9.84. The van der Waals surface area contributed by atoms with Gasteiger partial charge in [-0.3, -0.25) is 0 Å².